The van der Waals surface area contributed by atoms with Crippen molar-refractivity contribution in [2.45, 2.75) is 6.92 Å². The molecule has 18 heavy (non-hydrogen) atoms. The van der Waals surface area contributed by atoms with Crippen LogP contribution in [0.1, 0.15) is 5.56 Å². The molecule has 0 saturated carbocycles. The van der Waals surface area contributed by atoms with Gasteiger partial charge in [0.2, 0.25) is 0 Å². The van der Waals surface area contributed by atoms with Gasteiger partial charge in [-0.3, -0.25) is 0 Å². The Morgan fingerprint density at radius 3 is 2.33 bits per heavy atom. The maximum Gasteiger partial charge on any atom is 0.118 e. The number of fused-ring (bicyclic) bond motifs is 1. The van der Waals surface area contributed by atoms with Crippen LogP contribution in [0.2, 0.25) is 0 Å². The third kappa shape index (κ3) is 1.66. The van der Waals surface area contributed by atoms with Crippen molar-refractivity contribution >= 4 is 10.9 Å². The van der Waals surface area contributed by atoms with Gasteiger partial charge in [-0.15, -0.1) is 0 Å². The SMILES string of the molecule is COc1ccc(-c2[nH]c3ccccc3c2C)cc1. The highest BCUT2D eigenvalue weighted by atomic mass is 16.5. The van der Waals surface area contributed by atoms with Crippen molar-refractivity contribution in [2.75, 3.05) is 7.11 Å². The van der Waals surface area contributed by atoms with Gasteiger partial charge in [0.25, 0.3) is 0 Å². The Bertz CT molecular complexity index is 680. The highest BCUT2D eigenvalue weighted by Gasteiger charge is 2.08. The normalized spacial score (nSPS) is 10.8. The molecule has 0 aliphatic heterocycles. The summed E-state index contributed by atoms with van der Waals surface area (Å²) in [7, 11) is 1.68. The molecule has 1 aromatic heterocycles. The lowest BCUT2D eigenvalue weighted by molar-refractivity contribution is 0.415. The Kier molecular flexibility index (Phi) is 2.56. The highest BCUT2D eigenvalue weighted by Crippen LogP contribution is 2.30. The summed E-state index contributed by atoms with van der Waals surface area (Å²) in [5, 5.41) is 1.28. The van der Waals surface area contributed by atoms with Gasteiger partial charge < -0.3 is 9.72 Å². The van der Waals surface area contributed by atoms with E-state index < -0.39 is 0 Å². The van der Waals surface area contributed by atoms with E-state index in [0.29, 0.717) is 0 Å². The number of aryl methyl sites for hydroxylation is 1. The average molecular weight is 237 g/mol. The minimum absolute atomic E-state index is 0.882. The molecule has 0 atom stereocenters. The molecule has 2 nitrogen and oxygen atoms in total. The van der Waals surface area contributed by atoms with E-state index in [4.69, 9.17) is 4.74 Å². The molecule has 90 valence electrons. The van der Waals surface area contributed by atoms with Crippen LogP contribution in [0.15, 0.2) is 48.5 Å². The fraction of sp³-hybridized carbons (Fsp3) is 0.125. The van der Waals surface area contributed by atoms with E-state index in [1.165, 1.54) is 27.7 Å². The molecule has 0 unspecified atom stereocenters. The van der Waals surface area contributed by atoms with Gasteiger partial charge in [-0.1, -0.05) is 18.2 Å². The first kappa shape index (κ1) is 10.9. The first-order valence-electron chi connectivity index (χ1n) is 6.01. The van der Waals surface area contributed by atoms with Gasteiger partial charge in [0.1, 0.15) is 5.75 Å². The summed E-state index contributed by atoms with van der Waals surface area (Å²) in [6.07, 6.45) is 0. The van der Waals surface area contributed by atoms with Crippen molar-refractivity contribution in [3.63, 3.8) is 0 Å². The monoisotopic (exact) mass is 237 g/mol. The van der Waals surface area contributed by atoms with Crippen LogP contribution in [0.4, 0.5) is 0 Å². The van der Waals surface area contributed by atoms with Crippen molar-refractivity contribution in [2.24, 2.45) is 0 Å². The summed E-state index contributed by atoms with van der Waals surface area (Å²) < 4.78 is 5.18. The topological polar surface area (TPSA) is 25.0 Å². The molecular weight excluding hydrogens is 222 g/mol. The number of para-hydroxylation sites is 1. The van der Waals surface area contributed by atoms with E-state index in [1.807, 2.05) is 12.1 Å². The fourth-order valence-corrected chi connectivity index (χ4v) is 2.33. The molecule has 2 aromatic carbocycles. The molecule has 3 rings (SSSR count). The predicted molar refractivity (Wildman–Crippen MR) is 75.0 cm³/mol. The van der Waals surface area contributed by atoms with Gasteiger partial charge in [-0.2, -0.15) is 0 Å². The van der Waals surface area contributed by atoms with Crippen LogP contribution < -0.4 is 4.74 Å². The summed E-state index contributed by atoms with van der Waals surface area (Å²) in [5.41, 5.74) is 4.83. The highest BCUT2D eigenvalue weighted by molar-refractivity contribution is 5.90. The third-order valence-electron chi connectivity index (χ3n) is 3.34. The van der Waals surface area contributed by atoms with Crippen molar-refractivity contribution in [3.05, 3.63) is 54.1 Å². The van der Waals surface area contributed by atoms with Crippen molar-refractivity contribution in [1.82, 2.24) is 4.98 Å². The Morgan fingerprint density at radius 1 is 0.944 bits per heavy atom. The first-order valence-corrected chi connectivity index (χ1v) is 6.01. The molecule has 0 radical (unpaired) electrons. The summed E-state index contributed by atoms with van der Waals surface area (Å²) in [6, 6.07) is 16.5. The number of benzene rings is 2. The number of nitrogens with one attached hydrogen (secondary N) is 1. The molecule has 1 heterocycles. The largest absolute Gasteiger partial charge is 0.497 e. The van der Waals surface area contributed by atoms with Crippen LogP contribution in [0.5, 0.6) is 5.75 Å². The molecule has 0 fully saturated rings. The van der Waals surface area contributed by atoms with Crippen molar-refractivity contribution < 1.29 is 4.74 Å². The van der Waals surface area contributed by atoms with Crippen LogP contribution in [0, 0.1) is 6.92 Å². The smallest absolute Gasteiger partial charge is 0.118 e. The maximum absolute atomic E-state index is 5.18. The van der Waals surface area contributed by atoms with Crippen LogP contribution in [0.3, 0.4) is 0 Å². The predicted octanol–water partition coefficient (Wildman–Crippen LogP) is 4.15. The molecule has 0 saturated heterocycles. The van der Waals surface area contributed by atoms with E-state index in [1.54, 1.807) is 7.11 Å². The van der Waals surface area contributed by atoms with E-state index in [9.17, 15) is 0 Å². The lowest BCUT2D eigenvalue weighted by Gasteiger charge is -2.03. The quantitative estimate of drug-likeness (QED) is 0.711. The van der Waals surface area contributed by atoms with Gasteiger partial charge in [-0.25, -0.2) is 0 Å². The van der Waals surface area contributed by atoms with Gasteiger partial charge >= 0.3 is 0 Å². The zero-order valence-electron chi connectivity index (χ0n) is 10.5. The summed E-state index contributed by atoms with van der Waals surface area (Å²) in [6.45, 7) is 2.15. The second kappa shape index (κ2) is 4.22. The second-order valence-electron chi connectivity index (χ2n) is 4.40. The van der Waals surface area contributed by atoms with E-state index in [0.717, 1.165) is 5.75 Å². The maximum atomic E-state index is 5.18. The number of H-pyrrole nitrogens is 1. The van der Waals surface area contributed by atoms with Crippen LogP contribution in [0.25, 0.3) is 22.2 Å². The molecule has 0 bridgehead atoms. The Morgan fingerprint density at radius 2 is 1.67 bits per heavy atom. The Hall–Kier alpha value is -2.22. The fourth-order valence-electron chi connectivity index (χ4n) is 2.33. The van der Waals surface area contributed by atoms with E-state index in [-0.39, 0.29) is 0 Å². The van der Waals surface area contributed by atoms with Gasteiger partial charge in [0, 0.05) is 16.6 Å². The molecule has 0 amide bonds. The summed E-state index contributed by atoms with van der Waals surface area (Å²) in [4.78, 5) is 3.48. The Balaban J connectivity index is 2.15. The van der Waals surface area contributed by atoms with Crippen LogP contribution >= 0.6 is 0 Å². The zero-order chi connectivity index (χ0) is 12.5. The van der Waals surface area contributed by atoms with Crippen molar-refractivity contribution in [3.8, 4) is 17.0 Å². The molecule has 0 aliphatic carbocycles. The summed E-state index contributed by atoms with van der Waals surface area (Å²) in [5.74, 6) is 0.882. The minimum Gasteiger partial charge on any atom is -0.497 e. The van der Waals surface area contributed by atoms with Gasteiger partial charge in [0.15, 0.2) is 0 Å². The number of ether oxygens (including phenoxy) is 1. The zero-order valence-corrected chi connectivity index (χ0v) is 10.5. The minimum atomic E-state index is 0.882. The van der Waals surface area contributed by atoms with Crippen molar-refractivity contribution in [1.29, 1.82) is 0 Å². The van der Waals surface area contributed by atoms with Crippen LogP contribution in [-0.4, -0.2) is 12.1 Å². The standard InChI is InChI=1S/C16H15NO/c1-11-14-5-3-4-6-15(14)17-16(11)12-7-9-13(18-2)10-8-12/h3-10,17H,1-2H3. The van der Waals surface area contributed by atoms with E-state index in [2.05, 4.69) is 48.3 Å². The summed E-state index contributed by atoms with van der Waals surface area (Å²) >= 11 is 0. The number of methoxy groups -OCH3 is 1. The first-order chi connectivity index (χ1) is 8.79. The lowest BCUT2D eigenvalue weighted by atomic mass is 10.1. The number of aromatic amines is 1. The molecule has 1 N–H and O–H groups in total. The lowest BCUT2D eigenvalue weighted by Crippen LogP contribution is -1.84. The third-order valence-corrected chi connectivity index (χ3v) is 3.34. The van der Waals surface area contributed by atoms with Gasteiger partial charge in [-0.05, 0) is 48.4 Å². The second-order valence-corrected chi connectivity index (χ2v) is 4.40. The number of hydrogen-bond acceptors (Lipinski definition) is 1. The molecule has 0 aliphatic rings. The number of hydrogen-bond donors (Lipinski definition) is 1. The van der Waals surface area contributed by atoms with E-state index >= 15 is 0 Å². The van der Waals surface area contributed by atoms with Crippen LogP contribution in [-0.2, 0) is 0 Å². The number of rotatable bonds is 2. The number of aromatic nitrogens is 1. The Labute approximate surface area is 106 Å². The van der Waals surface area contributed by atoms with Gasteiger partial charge in [0.05, 0.1) is 7.11 Å². The average Bonchev–Trinajstić information content (AvgIpc) is 2.77. The molecule has 3 aromatic rings. The molecular formula is C16H15NO. The molecule has 2 heteroatoms. The molecule has 0 spiro atoms.